The Morgan fingerprint density at radius 1 is 0.750 bits per heavy atom. The average Bonchev–Trinajstić information content (AvgIpc) is 1.63. The molecule has 0 spiro atoms. The SMILES string of the molecule is CN(C)CCCN(C)C.[CH3-].[CH3-].[Zn+2]. The summed E-state index contributed by atoms with van der Waals surface area (Å²) in [7, 11) is 8.43. The normalized spacial score (nSPS) is 8.50. The van der Waals surface area contributed by atoms with E-state index in [1.165, 1.54) is 19.5 Å². The maximum Gasteiger partial charge on any atom is 2.00 e. The molecule has 0 N–H and O–H groups in total. The molecule has 0 saturated carbocycles. The number of hydrogen-bond acceptors (Lipinski definition) is 2. The standard InChI is InChI=1S/C7H18N2.2CH3.Zn/c1-8(2)6-5-7-9(3)4;;;/h5-7H2,1-4H3;2*1H3;/q;2*-1;+2. The van der Waals surface area contributed by atoms with E-state index in [0.717, 1.165) is 0 Å². The Balaban J connectivity index is -0.000000107. The molecular weight excluding hydrogens is 202 g/mol. The third kappa shape index (κ3) is 22.4. The Hall–Kier alpha value is 0.543. The van der Waals surface area contributed by atoms with Gasteiger partial charge in [-0.15, -0.1) is 0 Å². The molecule has 0 aliphatic carbocycles. The maximum atomic E-state index is 2.21. The second kappa shape index (κ2) is 14.1. The van der Waals surface area contributed by atoms with Crippen molar-refractivity contribution in [2.45, 2.75) is 6.42 Å². The second-order valence-corrected chi connectivity index (χ2v) is 2.96. The van der Waals surface area contributed by atoms with Crippen molar-refractivity contribution in [3.8, 4) is 0 Å². The van der Waals surface area contributed by atoms with Gasteiger partial charge < -0.3 is 24.7 Å². The molecule has 0 atom stereocenters. The predicted molar refractivity (Wildman–Crippen MR) is 54.6 cm³/mol. The van der Waals surface area contributed by atoms with Crippen LogP contribution in [0.4, 0.5) is 0 Å². The summed E-state index contributed by atoms with van der Waals surface area (Å²) >= 11 is 0. The Morgan fingerprint density at radius 2 is 1.00 bits per heavy atom. The topological polar surface area (TPSA) is 6.48 Å². The summed E-state index contributed by atoms with van der Waals surface area (Å²) in [5, 5.41) is 0. The molecule has 0 aliphatic heterocycles. The minimum absolute atomic E-state index is 0. The predicted octanol–water partition coefficient (Wildman–Crippen LogP) is 1.40. The van der Waals surface area contributed by atoms with Crippen molar-refractivity contribution in [2.24, 2.45) is 0 Å². The molecule has 0 aromatic rings. The molecule has 2 nitrogen and oxygen atoms in total. The fraction of sp³-hybridized carbons (Fsp3) is 0.778. The van der Waals surface area contributed by atoms with E-state index in [9.17, 15) is 0 Å². The van der Waals surface area contributed by atoms with Gasteiger partial charge in [0.2, 0.25) is 0 Å². The molecule has 0 amide bonds. The van der Waals surface area contributed by atoms with Gasteiger partial charge in [0.15, 0.2) is 0 Å². The van der Waals surface area contributed by atoms with Crippen molar-refractivity contribution in [1.29, 1.82) is 0 Å². The van der Waals surface area contributed by atoms with Crippen LogP contribution in [-0.2, 0) is 19.5 Å². The Kier molecular flexibility index (Phi) is 26.9. The van der Waals surface area contributed by atoms with Crippen molar-refractivity contribution < 1.29 is 19.5 Å². The molecule has 0 rings (SSSR count). The van der Waals surface area contributed by atoms with Gasteiger partial charge >= 0.3 is 19.5 Å². The zero-order valence-corrected chi connectivity index (χ0v) is 12.7. The van der Waals surface area contributed by atoms with Gasteiger partial charge in [0.25, 0.3) is 0 Å². The summed E-state index contributed by atoms with van der Waals surface area (Å²) in [6, 6.07) is 0. The molecule has 3 heteroatoms. The van der Waals surface area contributed by atoms with E-state index >= 15 is 0 Å². The molecule has 0 heterocycles. The number of hydrogen-bond donors (Lipinski definition) is 0. The van der Waals surface area contributed by atoms with Gasteiger partial charge in [-0.1, -0.05) is 0 Å². The Bertz CT molecular complexity index is 57.5. The maximum absolute atomic E-state index is 2.21. The van der Waals surface area contributed by atoms with Crippen molar-refractivity contribution in [1.82, 2.24) is 9.80 Å². The van der Waals surface area contributed by atoms with E-state index < -0.39 is 0 Å². The van der Waals surface area contributed by atoms with Gasteiger partial charge in [0.1, 0.15) is 0 Å². The van der Waals surface area contributed by atoms with Crippen LogP contribution in [0.2, 0.25) is 0 Å². The van der Waals surface area contributed by atoms with Crippen LogP contribution in [0.5, 0.6) is 0 Å². The van der Waals surface area contributed by atoms with E-state index in [1.807, 2.05) is 0 Å². The Labute approximate surface area is 92.1 Å². The van der Waals surface area contributed by atoms with Crippen LogP contribution >= 0.6 is 0 Å². The fourth-order valence-electron chi connectivity index (χ4n) is 0.703. The minimum atomic E-state index is 0. The monoisotopic (exact) mass is 224 g/mol. The first-order valence-corrected chi connectivity index (χ1v) is 3.42. The summed E-state index contributed by atoms with van der Waals surface area (Å²) in [6.45, 7) is 2.39. The molecule has 0 saturated heterocycles. The van der Waals surface area contributed by atoms with Crippen LogP contribution in [0.25, 0.3) is 0 Å². The summed E-state index contributed by atoms with van der Waals surface area (Å²) < 4.78 is 0. The second-order valence-electron chi connectivity index (χ2n) is 2.96. The molecule has 0 bridgehead atoms. The third-order valence-corrected chi connectivity index (χ3v) is 1.21. The van der Waals surface area contributed by atoms with Gasteiger partial charge in [-0.05, 0) is 47.7 Å². The van der Waals surface area contributed by atoms with Crippen LogP contribution in [0.15, 0.2) is 0 Å². The zero-order valence-electron chi connectivity index (χ0n) is 9.72. The molecule has 0 aromatic heterocycles. The molecule has 0 radical (unpaired) electrons. The van der Waals surface area contributed by atoms with E-state index in [-0.39, 0.29) is 34.3 Å². The first-order valence-electron chi connectivity index (χ1n) is 3.42. The van der Waals surface area contributed by atoms with Crippen molar-refractivity contribution >= 4 is 0 Å². The summed E-state index contributed by atoms with van der Waals surface area (Å²) in [5.41, 5.74) is 0. The minimum Gasteiger partial charge on any atom is -0.358 e. The van der Waals surface area contributed by atoms with E-state index in [2.05, 4.69) is 38.0 Å². The number of nitrogens with zero attached hydrogens (tertiary/aromatic N) is 2. The first-order chi connectivity index (χ1) is 4.13. The van der Waals surface area contributed by atoms with Crippen molar-refractivity contribution in [3.63, 3.8) is 0 Å². The number of rotatable bonds is 4. The van der Waals surface area contributed by atoms with E-state index in [1.54, 1.807) is 0 Å². The molecule has 0 fully saturated rings. The van der Waals surface area contributed by atoms with Crippen LogP contribution in [0.3, 0.4) is 0 Å². The molecule has 0 aromatic carbocycles. The molecule has 72 valence electrons. The van der Waals surface area contributed by atoms with Gasteiger partial charge in [-0.3, -0.25) is 0 Å². The largest absolute Gasteiger partial charge is 2.00 e. The molecular formula is C9H24N2Zn. The van der Waals surface area contributed by atoms with Crippen LogP contribution in [0.1, 0.15) is 6.42 Å². The van der Waals surface area contributed by atoms with Crippen LogP contribution < -0.4 is 0 Å². The summed E-state index contributed by atoms with van der Waals surface area (Å²) in [6.07, 6.45) is 1.26. The first kappa shape index (κ1) is 22.9. The average molecular weight is 226 g/mol. The van der Waals surface area contributed by atoms with Gasteiger partial charge in [-0.2, -0.15) is 0 Å². The molecule has 12 heavy (non-hydrogen) atoms. The molecule has 0 unspecified atom stereocenters. The quantitative estimate of drug-likeness (QED) is 0.527. The van der Waals surface area contributed by atoms with Crippen molar-refractivity contribution in [3.05, 3.63) is 14.9 Å². The van der Waals surface area contributed by atoms with Crippen LogP contribution in [-0.4, -0.2) is 51.1 Å². The summed E-state index contributed by atoms with van der Waals surface area (Å²) in [4.78, 5) is 4.42. The van der Waals surface area contributed by atoms with E-state index in [0.29, 0.717) is 0 Å². The zero-order chi connectivity index (χ0) is 7.28. The Morgan fingerprint density at radius 3 is 1.17 bits per heavy atom. The van der Waals surface area contributed by atoms with E-state index in [4.69, 9.17) is 0 Å². The van der Waals surface area contributed by atoms with Crippen molar-refractivity contribution in [2.75, 3.05) is 41.3 Å². The summed E-state index contributed by atoms with van der Waals surface area (Å²) in [5.74, 6) is 0. The molecule has 0 aliphatic rings. The third-order valence-electron chi connectivity index (χ3n) is 1.21. The van der Waals surface area contributed by atoms with Gasteiger partial charge in [0.05, 0.1) is 0 Å². The smallest absolute Gasteiger partial charge is 0.358 e. The fourth-order valence-corrected chi connectivity index (χ4v) is 0.703. The van der Waals surface area contributed by atoms with Gasteiger partial charge in [-0.25, -0.2) is 0 Å². The van der Waals surface area contributed by atoms with Gasteiger partial charge in [0, 0.05) is 0 Å². The van der Waals surface area contributed by atoms with Crippen LogP contribution in [0, 0.1) is 14.9 Å².